The highest BCUT2D eigenvalue weighted by Gasteiger charge is 2.37. The molecule has 1 saturated heterocycles. The number of hydrogen-bond acceptors (Lipinski definition) is 7. The summed E-state index contributed by atoms with van der Waals surface area (Å²) in [4.78, 5) is 51.6. The van der Waals surface area contributed by atoms with Gasteiger partial charge in [-0.1, -0.05) is 13.8 Å². The Morgan fingerprint density at radius 3 is 2.43 bits per heavy atom. The molecule has 0 unspecified atom stereocenters. The number of hydrogen-bond donors (Lipinski definition) is 2. The quantitative estimate of drug-likeness (QED) is 0.635. The standard InChI is InChI=1S/C20H21N7O3/c1-20(2)9-26(10-20)15(28)8-27-17-13(5-14(16(21)29)18(27)30)12(3-4-23-17)11-6-24-19(22)25-7-11/h3-7H,8-10H2,1-2H3,(H2,21,29)(H2,22,24,25). The van der Waals surface area contributed by atoms with E-state index in [-0.39, 0.29) is 35.0 Å². The summed E-state index contributed by atoms with van der Waals surface area (Å²) in [6, 6.07) is 3.10. The fraction of sp³-hybridized carbons (Fsp3) is 0.300. The van der Waals surface area contributed by atoms with Gasteiger partial charge < -0.3 is 16.4 Å². The van der Waals surface area contributed by atoms with E-state index in [0.717, 1.165) is 0 Å². The van der Waals surface area contributed by atoms with E-state index in [1.165, 1.54) is 29.2 Å². The highest BCUT2D eigenvalue weighted by Crippen LogP contribution is 2.30. The van der Waals surface area contributed by atoms with Crippen LogP contribution < -0.4 is 17.0 Å². The molecule has 3 aromatic rings. The Kier molecular flexibility index (Phi) is 4.49. The first-order valence-electron chi connectivity index (χ1n) is 9.34. The lowest BCUT2D eigenvalue weighted by molar-refractivity contribution is -0.142. The number of anilines is 1. The highest BCUT2D eigenvalue weighted by atomic mass is 16.2. The first kappa shape index (κ1) is 19.5. The lowest BCUT2D eigenvalue weighted by atomic mass is 9.84. The molecule has 3 aromatic heterocycles. The minimum absolute atomic E-state index is 0.0539. The summed E-state index contributed by atoms with van der Waals surface area (Å²) in [6.45, 7) is 5.11. The van der Waals surface area contributed by atoms with Gasteiger partial charge in [0.2, 0.25) is 11.9 Å². The Balaban J connectivity index is 1.86. The number of aromatic nitrogens is 4. The van der Waals surface area contributed by atoms with Gasteiger partial charge in [0.25, 0.3) is 11.5 Å². The van der Waals surface area contributed by atoms with Gasteiger partial charge in [-0.15, -0.1) is 0 Å². The number of carbonyl (C=O) groups excluding carboxylic acids is 2. The van der Waals surface area contributed by atoms with Gasteiger partial charge >= 0.3 is 0 Å². The zero-order valence-electron chi connectivity index (χ0n) is 16.6. The predicted octanol–water partition coefficient (Wildman–Crippen LogP) is 0.403. The van der Waals surface area contributed by atoms with Crippen molar-refractivity contribution >= 4 is 28.8 Å². The van der Waals surface area contributed by atoms with Crippen LogP contribution in [0.5, 0.6) is 0 Å². The van der Waals surface area contributed by atoms with Crippen molar-refractivity contribution in [2.24, 2.45) is 11.1 Å². The third-order valence-electron chi connectivity index (χ3n) is 5.12. The van der Waals surface area contributed by atoms with Crippen molar-refractivity contribution in [2.45, 2.75) is 20.4 Å². The number of pyridine rings is 2. The molecule has 4 rings (SSSR count). The van der Waals surface area contributed by atoms with Gasteiger partial charge in [-0.05, 0) is 23.1 Å². The summed E-state index contributed by atoms with van der Waals surface area (Å²) in [5, 5.41) is 0.482. The van der Waals surface area contributed by atoms with Gasteiger partial charge in [0.05, 0.1) is 0 Å². The van der Waals surface area contributed by atoms with Crippen LogP contribution in [0.4, 0.5) is 5.95 Å². The third kappa shape index (κ3) is 3.36. The second-order valence-corrected chi connectivity index (χ2v) is 8.15. The summed E-state index contributed by atoms with van der Waals surface area (Å²) in [5.41, 5.74) is 11.7. The molecule has 2 amide bonds. The van der Waals surface area contributed by atoms with Crippen LogP contribution in [0.3, 0.4) is 0 Å². The zero-order chi connectivity index (χ0) is 21.6. The molecule has 4 N–H and O–H groups in total. The van der Waals surface area contributed by atoms with E-state index in [0.29, 0.717) is 29.6 Å². The van der Waals surface area contributed by atoms with Crippen molar-refractivity contribution in [3.05, 3.63) is 46.6 Å². The molecule has 10 nitrogen and oxygen atoms in total. The van der Waals surface area contributed by atoms with E-state index >= 15 is 0 Å². The second-order valence-electron chi connectivity index (χ2n) is 8.15. The van der Waals surface area contributed by atoms with Crippen LogP contribution in [0.15, 0.2) is 35.5 Å². The van der Waals surface area contributed by atoms with Crippen LogP contribution in [-0.4, -0.2) is 49.3 Å². The van der Waals surface area contributed by atoms with Crippen LogP contribution in [0.25, 0.3) is 22.2 Å². The molecule has 4 heterocycles. The average molecular weight is 407 g/mol. The van der Waals surface area contributed by atoms with Crippen LogP contribution in [0.2, 0.25) is 0 Å². The lowest BCUT2D eigenvalue weighted by Gasteiger charge is -2.45. The molecule has 10 heteroatoms. The minimum Gasteiger partial charge on any atom is -0.368 e. The highest BCUT2D eigenvalue weighted by molar-refractivity contribution is 6.00. The van der Waals surface area contributed by atoms with Crippen molar-refractivity contribution in [1.82, 2.24) is 24.4 Å². The molecular formula is C20H21N7O3. The van der Waals surface area contributed by atoms with Crippen LogP contribution in [0.1, 0.15) is 24.2 Å². The third-order valence-corrected chi connectivity index (χ3v) is 5.12. The Bertz CT molecular complexity index is 1220. The Labute approximate surface area is 171 Å². The number of amides is 2. The first-order chi connectivity index (χ1) is 14.2. The normalized spacial score (nSPS) is 15.1. The summed E-state index contributed by atoms with van der Waals surface area (Å²) >= 11 is 0. The fourth-order valence-electron chi connectivity index (χ4n) is 3.72. The number of nitrogens with two attached hydrogens (primary N) is 2. The first-order valence-corrected chi connectivity index (χ1v) is 9.34. The maximum absolute atomic E-state index is 12.9. The Morgan fingerprint density at radius 1 is 1.17 bits per heavy atom. The number of nitrogen functional groups attached to an aromatic ring is 1. The summed E-state index contributed by atoms with van der Waals surface area (Å²) in [7, 11) is 0. The van der Waals surface area contributed by atoms with Gasteiger partial charge in [0.15, 0.2) is 0 Å². The fourth-order valence-corrected chi connectivity index (χ4v) is 3.72. The van der Waals surface area contributed by atoms with Crippen molar-refractivity contribution in [2.75, 3.05) is 18.8 Å². The predicted molar refractivity (Wildman–Crippen MR) is 110 cm³/mol. The summed E-state index contributed by atoms with van der Waals surface area (Å²) in [5.74, 6) is -0.978. The second kappa shape index (κ2) is 6.90. The zero-order valence-corrected chi connectivity index (χ0v) is 16.6. The van der Waals surface area contributed by atoms with Gasteiger partial charge in [-0.3, -0.25) is 19.0 Å². The van der Waals surface area contributed by atoms with Crippen LogP contribution in [0, 0.1) is 5.41 Å². The van der Waals surface area contributed by atoms with E-state index in [9.17, 15) is 14.4 Å². The monoisotopic (exact) mass is 407 g/mol. The molecule has 0 atom stereocenters. The van der Waals surface area contributed by atoms with Crippen molar-refractivity contribution in [1.29, 1.82) is 0 Å². The van der Waals surface area contributed by atoms with Crippen molar-refractivity contribution in [3.63, 3.8) is 0 Å². The maximum Gasteiger partial charge on any atom is 0.265 e. The molecule has 0 bridgehead atoms. The van der Waals surface area contributed by atoms with Gasteiger partial charge in [-0.25, -0.2) is 15.0 Å². The van der Waals surface area contributed by atoms with Gasteiger partial charge in [0.1, 0.15) is 17.8 Å². The molecule has 1 aliphatic heterocycles. The van der Waals surface area contributed by atoms with Gasteiger partial charge in [-0.2, -0.15) is 0 Å². The number of likely N-dealkylation sites (tertiary alicyclic amines) is 1. The molecule has 0 aromatic carbocycles. The molecule has 1 fully saturated rings. The lowest BCUT2D eigenvalue weighted by Crippen LogP contribution is -2.56. The average Bonchev–Trinajstić information content (AvgIpc) is 2.67. The molecule has 30 heavy (non-hydrogen) atoms. The number of carbonyl (C=O) groups is 2. The van der Waals surface area contributed by atoms with Crippen LogP contribution >= 0.6 is 0 Å². The minimum atomic E-state index is -0.878. The SMILES string of the molecule is CC1(C)CN(C(=O)Cn2c(=O)c(C(N)=O)cc3c(-c4cnc(N)nc4)ccnc32)C1. The topological polar surface area (TPSA) is 150 Å². The van der Waals surface area contributed by atoms with E-state index in [4.69, 9.17) is 11.5 Å². The van der Waals surface area contributed by atoms with E-state index in [2.05, 4.69) is 28.8 Å². The van der Waals surface area contributed by atoms with E-state index in [1.807, 2.05) is 0 Å². The molecule has 0 saturated carbocycles. The molecule has 1 aliphatic rings. The summed E-state index contributed by atoms with van der Waals surface area (Å²) in [6.07, 6.45) is 4.58. The Morgan fingerprint density at radius 2 is 1.83 bits per heavy atom. The molecule has 0 spiro atoms. The van der Waals surface area contributed by atoms with Crippen molar-refractivity contribution in [3.8, 4) is 11.1 Å². The smallest absolute Gasteiger partial charge is 0.265 e. The summed E-state index contributed by atoms with van der Waals surface area (Å²) < 4.78 is 1.20. The van der Waals surface area contributed by atoms with E-state index < -0.39 is 11.5 Å². The number of rotatable bonds is 4. The number of primary amides is 1. The molecular weight excluding hydrogens is 386 g/mol. The number of nitrogens with zero attached hydrogens (tertiary/aromatic N) is 5. The Hall–Kier alpha value is -3.82. The molecule has 0 radical (unpaired) electrons. The number of fused-ring (bicyclic) bond motifs is 1. The van der Waals surface area contributed by atoms with Gasteiger partial charge in [0, 0.05) is 42.6 Å². The largest absolute Gasteiger partial charge is 0.368 e. The van der Waals surface area contributed by atoms with Crippen LogP contribution in [-0.2, 0) is 11.3 Å². The van der Waals surface area contributed by atoms with E-state index in [1.54, 1.807) is 11.0 Å². The maximum atomic E-state index is 12.9. The molecule has 0 aliphatic carbocycles. The molecule has 154 valence electrons. The van der Waals surface area contributed by atoms with Crippen molar-refractivity contribution < 1.29 is 9.59 Å².